The normalized spacial score (nSPS) is 23.8. The van der Waals surface area contributed by atoms with Crippen LogP contribution >= 0.6 is 39.3 Å². The number of fused-ring (bicyclic) bond motifs is 5. The number of piperazine rings is 1. The van der Waals surface area contributed by atoms with E-state index in [1.165, 1.54) is 0 Å². The van der Waals surface area contributed by atoms with Crippen molar-refractivity contribution in [3.05, 3.63) is 20.6 Å². The number of anilines is 1. The fraction of sp³-hybridized carbons (Fsp3) is 0.579. The average Bonchev–Trinajstić information content (AvgIpc) is 3.28. The fourth-order valence-corrected chi connectivity index (χ4v) is 6.27. The highest BCUT2D eigenvalue weighted by Crippen LogP contribution is 2.46. The van der Waals surface area contributed by atoms with E-state index in [9.17, 15) is 5.02 Å². The molecule has 10 heteroatoms. The summed E-state index contributed by atoms with van der Waals surface area (Å²) in [7, 11) is -0.420. The molecule has 0 saturated carbocycles. The largest absolute Gasteiger partial charge is 0.437 e. The van der Waals surface area contributed by atoms with Crippen LogP contribution in [0.4, 0.5) is 5.82 Å². The van der Waals surface area contributed by atoms with E-state index in [1.807, 2.05) is 6.82 Å². The summed E-state index contributed by atoms with van der Waals surface area (Å²) in [6, 6.07) is 0.669. The third-order valence-electron chi connectivity index (χ3n) is 6.25. The molecule has 2 unspecified atom stereocenters. The minimum Gasteiger partial charge on any atom is -0.437 e. The van der Waals surface area contributed by atoms with Gasteiger partial charge >= 0.3 is 7.05 Å². The Morgan fingerprint density at radius 1 is 1.24 bits per heavy atom. The predicted molar refractivity (Wildman–Crippen MR) is 122 cm³/mol. The summed E-state index contributed by atoms with van der Waals surface area (Å²) in [4.78, 5) is 14.5. The Labute approximate surface area is 188 Å². The molecule has 1 N–H and O–H groups in total. The van der Waals surface area contributed by atoms with Gasteiger partial charge in [0.15, 0.2) is 5.16 Å². The van der Waals surface area contributed by atoms with Crippen LogP contribution in [-0.2, 0) is 18.0 Å². The van der Waals surface area contributed by atoms with Crippen molar-refractivity contribution in [3.8, 4) is 0 Å². The molecule has 6 nitrogen and oxygen atoms in total. The SMILES string of the molecule is CCSc1nc(N2C3CCC2CN(B(C)O)C3)c2c3c(c(Br)c(Cl)c2n1)COC3. The Morgan fingerprint density at radius 2 is 1.93 bits per heavy atom. The highest BCUT2D eigenvalue weighted by molar-refractivity contribution is 9.10. The maximum absolute atomic E-state index is 10.1. The second kappa shape index (κ2) is 7.84. The van der Waals surface area contributed by atoms with Gasteiger partial charge in [0, 0.05) is 29.6 Å². The first-order chi connectivity index (χ1) is 14.0. The van der Waals surface area contributed by atoms with Crippen LogP contribution in [0.2, 0.25) is 11.8 Å². The van der Waals surface area contributed by atoms with Crippen LogP contribution in [0.1, 0.15) is 30.9 Å². The zero-order valence-corrected chi connectivity index (χ0v) is 19.6. The number of benzene rings is 1. The Hall–Kier alpha value is -0.575. The van der Waals surface area contributed by atoms with Crippen LogP contribution in [0.3, 0.4) is 0 Å². The van der Waals surface area contributed by atoms with Crippen molar-refractivity contribution in [1.29, 1.82) is 0 Å². The third-order valence-corrected chi connectivity index (χ3v) is 8.45. The summed E-state index contributed by atoms with van der Waals surface area (Å²) in [6.45, 7) is 6.77. The molecule has 2 fully saturated rings. The topological polar surface area (TPSA) is 61.7 Å². The first-order valence-corrected chi connectivity index (χ1v) is 12.3. The van der Waals surface area contributed by atoms with E-state index in [-0.39, 0.29) is 0 Å². The molecule has 0 amide bonds. The van der Waals surface area contributed by atoms with Crippen LogP contribution in [-0.4, -0.2) is 57.8 Å². The van der Waals surface area contributed by atoms with Crippen molar-refractivity contribution in [1.82, 2.24) is 14.8 Å². The predicted octanol–water partition coefficient (Wildman–Crippen LogP) is 3.95. The fourth-order valence-electron chi connectivity index (χ4n) is 4.92. The molecular weight excluding hydrogens is 474 g/mol. The lowest BCUT2D eigenvalue weighted by molar-refractivity contribution is 0.134. The van der Waals surface area contributed by atoms with E-state index >= 15 is 0 Å². The molecule has 2 aromatic rings. The molecule has 0 radical (unpaired) electrons. The van der Waals surface area contributed by atoms with Crippen LogP contribution in [0.5, 0.6) is 0 Å². The number of thioether (sulfide) groups is 1. The molecule has 4 heterocycles. The molecule has 5 rings (SSSR count). The molecule has 1 aromatic carbocycles. The second-order valence-corrected chi connectivity index (χ2v) is 10.3. The summed E-state index contributed by atoms with van der Waals surface area (Å²) in [5.74, 6) is 1.89. The zero-order chi connectivity index (χ0) is 20.3. The number of nitrogens with zero attached hydrogens (tertiary/aromatic N) is 4. The lowest BCUT2D eigenvalue weighted by Crippen LogP contribution is -2.57. The van der Waals surface area contributed by atoms with E-state index in [0.717, 1.165) is 69.2 Å². The molecule has 3 aliphatic rings. The quantitative estimate of drug-likeness (QED) is 0.390. The molecule has 2 atom stereocenters. The molecule has 2 saturated heterocycles. The van der Waals surface area contributed by atoms with Gasteiger partial charge < -0.3 is 19.5 Å². The maximum Gasteiger partial charge on any atom is 0.376 e. The lowest BCUT2D eigenvalue weighted by Gasteiger charge is -2.43. The van der Waals surface area contributed by atoms with Gasteiger partial charge in [0.2, 0.25) is 0 Å². The summed E-state index contributed by atoms with van der Waals surface area (Å²) in [6.07, 6.45) is 2.22. The molecule has 154 valence electrons. The molecule has 0 spiro atoms. The van der Waals surface area contributed by atoms with Gasteiger partial charge in [-0.1, -0.05) is 30.3 Å². The monoisotopic (exact) mass is 496 g/mol. The van der Waals surface area contributed by atoms with Gasteiger partial charge in [-0.2, -0.15) is 0 Å². The molecule has 1 aromatic heterocycles. The Morgan fingerprint density at radius 3 is 2.59 bits per heavy atom. The second-order valence-electron chi connectivity index (χ2n) is 7.94. The van der Waals surface area contributed by atoms with Crippen molar-refractivity contribution in [2.24, 2.45) is 0 Å². The van der Waals surface area contributed by atoms with Crippen LogP contribution in [0.25, 0.3) is 10.9 Å². The highest BCUT2D eigenvalue weighted by atomic mass is 79.9. The van der Waals surface area contributed by atoms with Crippen LogP contribution in [0, 0.1) is 0 Å². The lowest BCUT2D eigenvalue weighted by atomic mass is 9.83. The Balaban J connectivity index is 1.71. The molecule has 0 aliphatic carbocycles. The van der Waals surface area contributed by atoms with Crippen molar-refractivity contribution >= 4 is 63.1 Å². The number of aromatic nitrogens is 2. The van der Waals surface area contributed by atoms with Gasteiger partial charge in [-0.25, -0.2) is 9.97 Å². The third kappa shape index (κ3) is 3.29. The van der Waals surface area contributed by atoms with Gasteiger partial charge in [0.25, 0.3) is 0 Å². The number of hydrogen-bond acceptors (Lipinski definition) is 7. The van der Waals surface area contributed by atoms with E-state index in [2.05, 4.69) is 32.6 Å². The van der Waals surface area contributed by atoms with Crippen molar-refractivity contribution < 1.29 is 9.76 Å². The molecule has 2 bridgehead atoms. The van der Waals surface area contributed by atoms with Crippen molar-refractivity contribution in [2.45, 2.75) is 57.0 Å². The maximum atomic E-state index is 10.1. The number of ether oxygens (including phenoxy) is 1. The molecule has 29 heavy (non-hydrogen) atoms. The van der Waals surface area contributed by atoms with Gasteiger partial charge in [-0.3, -0.25) is 0 Å². The van der Waals surface area contributed by atoms with E-state index in [0.29, 0.717) is 30.3 Å². The minimum atomic E-state index is -0.420. The Kier molecular flexibility index (Phi) is 5.50. The first kappa shape index (κ1) is 20.3. The number of halogens is 2. The standard InChI is InChI=1S/C19H23BBrClN4O2S/c1-3-29-19-23-17-14(12-8-28-9-13(12)15(21)16(17)22)18(24-19)26-10-4-5-11(26)7-25(6-10)20(2)27/h10-11,27H,3-9H2,1-2H3. The van der Waals surface area contributed by atoms with Gasteiger partial charge in [0.1, 0.15) is 5.82 Å². The van der Waals surface area contributed by atoms with Crippen LogP contribution in [0.15, 0.2) is 9.63 Å². The van der Waals surface area contributed by atoms with E-state index in [4.69, 9.17) is 26.3 Å². The highest BCUT2D eigenvalue weighted by Gasteiger charge is 2.43. The number of hydrogen-bond donors (Lipinski definition) is 1. The molecule has 3 aliphatic heterocycles. The van der Waals surface area contributed by atoms with Gasteiger partial charge in [-0.05, 0) is 52.5 Å². The Bertz CT molecular complexity index is 967. The zero-order valence-electron chi connectivity index (χ0n) is 16.5. The molecular formula is C19H23BBrClN4O2S. The van der Waals surface area contributed by atoms with Gasteiger partial charge in [-0.15, -0.1) is 0 Å². The summed E-state index contributed by atoms with van der Waals surface area (Å²) < 4.78 is 6.67. The van der Waals surface area contributed by atoms with Crippen molar-refractivity contribution in [3.63, 3.8) is 0 Å². The summed E-state index contributed by atoms with van der Waals surface area (Å²) in [5.41, 5.74) is 3.07. The summed E-state index contributed by atoms with van der Waals surface area (Å²) >= 11 is 12.1. The van der Waals surface area contributed by atoms with Crippen molar-refractivity contribution in [2.75, 3.05) is 23.7 Å². The first-order valence-electron chi connectivity index (χ1n) is 10.1. The van der Waals surface area contributed by atoms with Crippen LogP contribution < -0.4 is 4.90 Å². The smallest absolute Gasteiger partial charge is 0.376 e. The minimum absolute atomic E-state index is 0.335. The van der Waals surface area contributed by atoms with E-state index in [1.54, 1.807) is 11.8 Å². The van der Waals surface area contributed by atoms with Gasteiger partial charge in [0.05, 0.1) is 29.1 Å². The van der Waals surface area contributed by atoms with E-state index < -0.39 is 7.05 Å². The average molecular weight is 498 g/mol. The summed E-state index contributed by atoms with van der Waals surface area (Å²) in [5, 5.41) is 12.6. The number of rotatable bonds is 4.